The van der Waals surface area contributed by atoms with E-state index >= 15 is 0 Å². The van der Waals surface area contributed by atoms with Crippen LogP contribution < -0.4 is 4.74 Å². The molecule has 0 atom stereocenters. The van der Waals surface area contributed by atoms with Crippen molar-refractivity contribution >= 4 is 28.7 Å². The number of aliphatic hydroxyl groups excluding tert-OH is 1. The van der Waals surface area contributed by atoms with E-state index in [0.717, 1.165) is 6.08 Å². The van der Waals surface area contributed by atoms with Crippen LogP contribution in [0.15, 0.2) is 60.4 Å². The maximum absolute atomic E-state index is 12.1. The number of aromatic nitrogens is 2. The number of ether oxygens (including phenoxy) is 2. The number of allylic oxidation sites excluding steroid dienone is 1. The number of carbonyl (C=O) groups is 1. The minimum atomic E-state index is -2.92. The van der Waals surface area contributed by atoms with Crippen LogP contribution in [0.1, 0.15) is 11.4 Å². The molecule has 1 heterocycles. The first kappa shape index (κ1) is 20.5. The van der Waals surface area contributed by atoms with E-state index in [1.807, 2.05) is 6.07 Å². The van der Waals surface area contributed by atoms with E-state index < -0.39 is 24.9 Å². The first-order valence-electron chi connectivity index (χ1n) is 8.63. The maximum atomic E-state index is 12.1. The van der Waals surface area contributed by atoms with Gasteiger partial charge in [-0.25, -0.2) is 9.78 Å². The summed E-state index contributed by atoms with van der Waals surface area (Å²) in [5, 5.41) is 19.5. The Hall–Kier alpha value is -4.19. The first-order chi connectivity index (χ1) is 14.5. The number of halogens is 2. The molecule has 0 saturated heterocycles. The Kier molecular flexibility index (Phi) is 6.39. The van der Waals surface area contributed by atoms with E-state index in [-0.39, 0.29) is 17.1 Å². The number of nitriles is 1. The van der Waals surface area contributed by atoms with Gasteiger partial charge in [0.1, 0.15) is 24.0 Å². The molecule has 0 aliphatic heterocycles. The summed E-state index contributed by atoms with van der Waals surface area (Å²) >= 11 is 0. The lowest BCUT2D eigenvalue weighted by Crippen LogP contribution is -2.06. The third-order valence-corrected chi connectivity index (χ3v) is 3.89. The second-order valence-electron chi connectivity index (χ2n) is 5.92. The van der Waals surface area contributed by atoms with Gasteiger partial charge in [-0.1, -0.05) is 24.3 Å². The molecule has 0 spiro atoms. The average Bonchev–Trinajstić information content (AvgIpc) is 3.15. The number of benzene rings is 2. The fourth-order valence-corrected chi connectivity index (χ4v) is 2.51. The van der Waals surface area contributed by atoms with Crippen molar-refractivity contribution in [1.29, 1.82) is 5.26 Å². The SMILES string of the molecule is N#CC(=C(O)COC(=O)C=Cc1ccc(OC(F)F)cc1)c1nc2ccccc2[nH]1. The number of alkyl halides is 2. The number of nitrogens with zero attached hydrogens (tertiary/aromatic N) is 2. The molecule has 2 aromatic carbocycles. The van der Waals surface area contributed by atoms with Gasteiger partial charge in [0.25, 0.3) is 0 Å². The summed E-state index contributed by atoms with van der Waals surface area (Å²) in [6, 6.07) is 14.6. The van der Waals surface area contributed by atoms with Gasteiger partial charge in [-0.05, 0) is 35.9 Å². The zero-order valence-corrected chi connectivity index (χ0v) is 15.4. The van der Waals surface area contributed by atoms with Gasteiger partial charge in [0.2, 0.25) is 0 Å². The number of rotatable bonds is 7. The van der Waals surface area contributed by atoms with Crippen LogP contribution in [-0.2, 0) is 9.53 Å². The van der Waals surface area contributed by atoms with Crippen molar-refractivity contribution < 1.29 is 28.2 Å². The summed E-state index contributed by atoms with van der Waals surface area (Å²) in [5.41, 5.74) is 1.72. The molecule has 7 nitrogen and oxygen atoms in total. The van der Waals surface area contributed by atoms with Crippen molar-refractivity contribution in [2.45, 2.75) is 6.61 Å². The number of aromatic amines is 1. The smallest absolute Gasteiger partial charge is 0.387 e. The highest BCUT2D eigenvalue weighted by Crippen LogP contribution is 2.19. The molecule has 1 aromatic heterocycles. The van der Waals surface area contributed by atoms with E-state index in [2.05, 4.69) is 14.7 Å². The standard InChI is InChI=1S/C21H15F2N3O4/c22-21(23)30-14-8-5-13(6-9-14)7-10-19(28)29-12-18(27)15(11-24)20-25-16-3-1-2-4-17(16)26-20/h1-10,21,27H,12H2,(H,25,26). The Morgan fingerprint density at radius 1 is 1.23 bits per heavy atom. The van der Waals surface area contributed by atoms with E-state index in [1.165, 1.54) is 30.3 Å². The number of esters is 1. The summed E-state index contributed by atoms with van der Waals surface area (Å²) in [6.07, 6.45) is 2.50. The van der Waals surface area contributed by atoms with E-state index in [1.54, 1.807) is 24.3 Å². The second-order valence-corrected chi connectivity index (χ2v) is 5.92. The van der Waals surface area contributed by atoms with E-state index in [4.69, 9.17) is 4.74 Å². The van der Waals surface area contributed by atoms with E-state index in [9.17, 15) is 23.9 Å². The fourth-order valence-electron chi connectivity index (χ4n) is 2.51. The Labute approximate surface area is 169 Å². The molecular formula is C21H15F2N3O4. The average molecular weight is 411 g/mol. The molecule has 0 bridgehead atoms. The molecule has 0 aliphatic rings. The summed E-state index contributed by atoms with van der Waals surface area (Å²) < 4.78 is 33.4. The van der Waals surface area contributed by atoms with Gasteiger partial charge in [-0.3, -0.25) is 0 Å². The third kappa shape index (κ3) is 5.20. The first-order valence-corrected chi connectivity index (χ1v) is 8.63. The Bertz CT molecular complexity index is 1110. The molecule has 30 heavy (non-hydrogen) atoms. The van der Waals surface area contributed by atoms with Gasteiger partial charge in [-0.2, -0.15) is 14.0 Å². The third-order valence-electron chi connectivity index (χ3n) is 3.89. The van der Waals surface area contributed by atoms with Crippen LogP contribution in [0.5, 0.6) is 5.75 Å². The highest BCUT2D eigenvalue weighted by atomic mass is 19.3. The van der Waals surface area contributed by atoms with Gasteiger partial charge in [-0.15, -0.1) is 0 Å². The number of hydrogen-bond acceptors (Lipinski definition) is 6. The lowest BCUT2D eigenvalue weighted by atomic mass is 10.2. The lowest BCUT2D eigenvalue weighted by Gasteiger charge is -2.04. The van der Waals surface area contributed by atoms with Crippen LogP contribution in [0.4, 0.5) is 8.78 Å². The Morgan fingerprint density at radius 3 is 2.63 bits per heavy atom. The van der Waals surface area contributed by atoms with Crippen LogP contribution in [0.3, 0.4) is 0 Å². The number of imidazole rings is 1. The van der Waals surface area contributed by atoms with Crippen molar-refractivity contribution in [3.05, 3.63) is 71.8 Å². The number of para-hydroxylation sites is 2. The molecule has 3 aromatic rings. The predicted molar refractivity (Wildman–Crippen MR) is 104 cm³/mol. The molecule has 0 aliphatic carbocycles. The van der Waals surface area contributed by atoms with Crippen LogP contribution in [-0.4, -0.2) is 34.3 Å². The number of fused-ring (bicyclic) bond motifs is 1. The molecule has 3 rings (SSSR count). The van der Waals surface area contributed by atoms with Crippen molar-refractivity contribution in [3.63, 3.8) is 0 Å². The normalized spacial score (nSPS) is 12.1. The largest absolute Gasteiger partial charge is 0.507 e. The summed E-state index contributed by atoms with van der Waals surface area (Å²) in [4.78, 5) is 19.0. The monoisotopic (exact) mass is 411 g/mol. The van der Waals surface area contributed by atoms with Gasteiger partial charge in [0.15, 0.2) is 11.6 Å². The summed E-state index contributed by atoms with van der Waals surface area (Å²) in [7, 11) is 0. The Morgan fingerprint density at radius 2 is 1.97 bits per heavy atom. The predicted octanol–water partition coefficient (Wildman–Crippen LogP) is 4.21. The van der Waals surface area contributed by atoms with Gasteiger partial charge in [0.05, 0.1) is 11.0 Å². The number of H-pyrrole nitrogens is 1. The van der Waals surface area contributed by atoms with Crippen LogP contribution in [0, 0.1) is 11.3 Å². The zero-order valence-electron chi connectivity index (χ0n) is 15.4. The van der Waals surface area contributed by atoms with Gasteiger partial charge >= 0.3 is 12.6 Å². The van der Waals surface area contributed by atoms with Crippen molar-refractivity contribution in [1.82, 2.24) is 9.97 Å². The highest BCUT2D eigenvalue weighted by molar-refractivity contribution is 5.87. The van der Waals surface area contributed by atoms with E-state index in [0.29, 0.717) is 16.6 Å². The van der Waals surface area contributed by atoms with Crippen molar-refractivity contribution in [3.8, 4) is 11.8 Å². The molecule has 152 valence electrons. The molecule has 0 fully saturated rings. The molecule has 9 heteroatoms. The number of carbonyl (C=O) groups excluding carboxylic acids is 1. The number of hydrogen-bond donors (Lipinski definition) is 2. The molecule has 2 N–H and O–H groups in total. The lowest BCUT2D eigenvalue weighted by molar-refractivity contribution is -0.137. The molecule has 0 amide bonds. The Balaban J connectivity index is 1.62. The summed E-state index contributed by atoms with van der Waals surface area (Å²) in [5.74, 6) is -1.06. The zero-order chi connectivity index (χ0) is 21.5. The number of nitrogens with one attached hydrogen (secondary N) is 1. The quantitative estimate of drug-likeness (QED) is 0.261. The molecule has 0 radical (unpaired) electrons. The fraction of sp³-hybridized carbons (Fsp3) is 0.0952. The molecule has 0 unspecified atom stereocenters. The highest BCUT2D eigenvalue weighted by Gasteiger charge is 2.14. The topological polar surface area (TPSA) is 108 Å². The van der Waals surface area contributed by atoms with Crippen molar-refractivity contribution in [2.75, 3.05) is 6.61 Å². The van der Waals surface area contributed by atoms with Crippen LogP contribution in [0.2, 0.25) is 0 Å². The minimum absolute atomic E-state index is 0.00518. The van der Waals surface area contributed by atoms with Gasteiger partial charge in [0, 0.05) is 6.08 Å². The maximum Gasteiger partial charge on any atom is 0.387 e. The van der Waals surface area contributed by atoms with Crippen molar-refractivity contribution in [2.24, 2.45) is 0 Å². The minimum Gasteiger partial charge on any atom is -0.507 e. The second kappa shape index (κ2) is 9.34. The summed E-state index contributed by atoms with van der Waals surface area (Å²) in [6.45, 7) is -3.44. The van der Waals surface area contributed by atoms with Crippen LogP contribution >= 0.6 is 0 Å². The van der Waals surface area contributed by atoms with Crippen LogP contribution in [0.25, 0.3) is 22.7 Å². The molecule has 0 saturated carbocycles. The molecular weight excluding hydrogens is 396 g/mol. The van der Waals surface area contributed by atoms with Gasteiger partial charge < -0.3 is 19.6 Å². The number of aliphatic hydroxyl groups is 1.